The number of ketones is 2. The second kappa shape index (κ2) is 12.2. The van der Waals surface area contributed by atoms with E-state index in [0.717, 1.165) is 23.5 Å². The Morgan fingerprint density at radius 3 is 1.92 bits per heavy atom. The summed E-state index contributed by atoms with van der Waals surface area (Å²) in [5.41, 5.74) is 0.951. The topological polar surface area (TPSA) is 80.8 Å². The molecular weight excluding hydrogens is 593 g/mol. The second-order valence-corrected chi connectivity index (χ2v) is 8.88. The molecule has 2 aromatic rings. The molecule has 0 atom stereocenters. The number of benzene rings is 2. The number of ether oxygens (including phenoxy) is 2. The van der Waals surface area contributed by atoms with Crippen molar-refractivity contribution in [3.63, 3.8) is 0 Å². The first-order chi connectivity index (χ1) is 16.8. The molecule has 0 N–H and O–H groups in total. The Kier molecular flexibility index (Phi) is 10.0. The van der Waals surface area contributed by atoms with Crippen LogP contribution in [-0.4, -0.2) is 38.1 Å². The molecule has 37 heavy (non-hydrogen) atoms. The van der Waals surface area contributed by atoms with Crippen LogP contribution in [0.1, 0.15) is 0 Å². The molecule has 0 amide bonds. The summed E-state index contributed by atoms with van der Waals surface area (Å²) in [4.78, 5) is 23.0. The van der Waals surface area contributed by atoms with Gasteiger partial charge in [-0.25, -0.2) is 0 Å². The molecule has 0 saturated carbocycles. The molecule has 0 aromatic heterocycles. The average molecular weight is 607 g/mol. The summed E-state index contributed by atoms with van der Waals surface area (Å²) in [6.45, 7) is 0. The average Bonchev–Trinajstić information content (AvgIpc) is 3.40. The van der Waals surface area contributed by atoms with Gasteiger partial charge in [-0.1, -0.05) is 21.8 Å². The van der Waals surface area contributed by atoms with Crippen molar-refractivity contribution in [2.24, 2.45) is 0 Å². The van der Waals surface area contributed by atoms with Crippen LogP contribution in [0.15, 0.2) is 68.4 Å². The summed E-state index contributed by atoms with van der Waals surface area (Å²) in [7, 11) is 2.92. The molecule has 2 aromatic carbocycles. The van der Waals surface area contributed by atoms with Crippen molar-refractivity contribution in [3.05, 3.63) is 69.2 Å². The fraction of sp³-hybridized carbons (Fsp3) is 0.182. The number of rotatable bonds is 4. The maximum absolute atomic E-state index is 12.1. The zero-order valence-electron chi connectivity index (χ0n) is 18.6. The number of halogens is 6. The van der Waals surface area contributed by atoms with Crippen molar-refractivity contribution in [3.8, 4) is 11.5 Å². The van der Waals surface area contributed by atoms with Gasteiger partial charge in [0.25, 0.3) is 11.6 Å². The predicted octanol–water partition coefficient (Wildman–Crippen LogP) is 7.56. The molecule has 0 spiro atoms. The van der Waals surface area contributed by atoms with Gasteiger partial charge >= 0.3 is 29.1 Å². The molecule has 0 unspecified atom stereocenters. The minimum absolute atomic E-state index is 0. The molecule has 2 heterocycles. The molecular formula is C22H14CoF6N2O4S2. The van der Waals surface area contributed by atoms with Crippen LogP contribution in [-0.2, 0) is 26.4 Å². The summed E-state index contributed by atoms with van der Waals surface area (Å²) >= 11 is 2.02. The Hall–Kier alpha value is -2.75. The van der Waals surface area contributed by atoms with Crippen molar-refractivity contribution in [2.45, 2.75) is 22.1 Å². The molecule has 0 saturated heterocycles. The fourth-order valence-corrected chi connectivity index (χ4v) is 4.47. The van der Waals surface area contributed by atoms with Gasteiger partial charge in [-0.05, 0) is 52.3 Å². The van der Waals surface area contributed by atoms with Crippen LogP contribution in [0.3, 0.4) is 0 Å². The van der Waals surface area contributed by atoms with E-state index >= 15 is 0 Å². The van der Waals surface area contributed by atoms with Crippen molar-refractivity contribution in [2.75, 3.05) is 14.2 Å². The number of fused-ring (bicyclic) bond motifs is 2. The number of alkyl halides is 6. The van der Waals surface area contributed by atoms with Crippen LogP contribution in [0.2, 0.25) is 0 Å². The third kappa shape index (κ3) is 7.86. The van der Waals surface area contributed by atoms with E-state index in [1.165, 1.54) is 14.2 Å². The maximum Gasteiger partial charge on any atom is 2.00 e. The Labute approximate surface area is 225 Å². The van der Waals surface area contributed by atoms with E-state index < -0.39 is 23.9 Å². The molecule has 6 nitrogen and oxygen atoms in total. The van der Waals surface area contributed by atoms with Gasteiger partial charge in [-0.15, -0.1) is 29.2 Å². The first kappa shape index (κ1) is 30.5. The van der Waals surface area contributed by atoms with E-state index in [4.69, 9.17) is 9.47 Å². The number of hydrogen-bond donors (Lipinski definition) is 0. The van der Waals surface area contributed by atoms with E-state index in [9.17, 15) is 35.9 Å². The predicted molar refractivity (Wildman–Crippen MR) is 122 cm³/mol. The normalized spacial score (nSPS) is 15.9. The van der Waals surface area contributed by atoms with E-state index in [1.807, 2.05) is 0 Å². The van der Waals surface area contributed by atoms with Crippen LogP contribution >= 0.6 is 23.5 Å². The number of nitrogens with zero attached hydrogens (tertiary/aromatic N) is 2. The number of hydrogen-bond acceptors (Lipinski definition) is 6. The molecule has 15 heteroatoms. The van der Waals surface area contributed by atoms with Gasteiger partial charge in [-0.3, -0.25) is 9.59 Å². The van der Waals surface area contributed by atoms with Crippen molar-refractivity contribution in [1.29, 1.82) is 0 Å². The van der Waals surface area contributed by atoms with Gasteiger partial charge in [0, 0.05) is 0 Å². The quantitative estimate of drug-likeness (QED) is 0.264. The SMILES string of the molecule is COc1ccc2c(c1)[N-]/C(=C\C(=O)C(F)(F)F)S2.COc1cccc2c1[N-]/C(=C\C(=O)C(F)(F)F)S2.[Co+2]. The van der Waals surface area contributed by atoms with Gasteiger partial charge in [0.1, 0.15) is 11.5 Å². The van der Waals surface area contributed by atoms with Gasteiger partial charge in [0.2, 0.25) is 0 Å². The third-order valence-corrected chi connectivity index (χ3v) is 6.25. The molecule has 0 aliphatic carbocycles. The third-order valence-electron chi connectivity index (χ3n) is 4.30. The Bertz CT molecular complexity index is 1250. The summed E-state index contributed by atoms with van der Waals surface area (Å²) in [5, 5.41) is 7.93. The zero-order valence-corrected chi connectivity index (χ0v) is 21.2. The maximum atomic E-state index is 12.1. The summed E-state index contributed by atoms with van der Waals surface area (Å²) in [5.74, 6) is -2.81. The monoisotopic (exact) mass is 607 g/mol. The van der Waals surface area contributed by atoms with Gasteiger partial charge in [-0.2, -0.15) is 26.3 Å². The molecule has 4 rings (SSSR count). The van der Waals surface area contributed by atoms with Crippen molar-refractivity contribution >= 4 is 46.5 Å². The Balaban J connectivity index is 0.000000253. The number of allylic oxidation sites excluding steroid dienone is 2. The molecule has 2 aliphatic rings. The minimum Gasteiger partial charge on any atom is -0.651 e. The van der Waals surface area contributed by atoms with Crippen LogP contribution < -0.4 is 9.47 Å². The fourth-order valence-electron chi connectivity index (χ4n) is 2.67. The number of methoxy groups -OCH3 is 2. The summed E-state index contributed by atoms with van der Waals surface area (Å²) in [6, 6.07) is 10.0. The number of carbonyl (C=O) groups excluding carboxylic acids is 2. The van der Waals surface area contributed by atoms with E-state index in [1.54, 1.807) is 36.4 Å². The molecule has 0 fully saturated rings. The summed E-state index contributed by atoms with van der Waals surface area (Å²) < 4.78 is 82.6. The van der Waals surface area contributed by atoms with Crippen LogP contribution in [0.5, 0.6) is 11.5 Å². The second-order valence-electron chi connectivity index (χ2n) is 6.76. The van der Waals surface area contributed by atoms with Crippen molar-refractivity contribution < 1.29 is 62.2 Å². The molecule has 0 bridgehead atoms. The Morgan fingerprint density at radius 2 is 1.38 bits per heavy atom. The van der Waals surface area contributed by atoms with Crippen LogP contribution in [0.25, 0.3) is 10.6 Å². The van der Waals surface area contributed by atoms with E-state index in [0.29, 0.717) is 44.8 Å². The number of carbonyl (C=O) groups is 2. The number of thioether (sulfide) groups is 2. The van der Waals surface area contributed by atoms with Crippen LogP contribution in [0.4, 0.5) is 37.7 Å². The molecule has 199 valence electrons. The standard InChI is InChI=1S/2C11H8F3NO2S.Co/c1-17-6-2-3-8-7(4-6)15-10(18-8)5-9(16)11(12,13)14;1-17-6-3-2-4-7-10(6)15-9(18-7)5-8(16)11(12,13)14;/h2*2-5H,1H3,(H,15,16);/q;;+2/p-2. The first-order valence-electron chi connectivity index (χ1n) is 9.61. The summed E-state index contributed by atoms with van der Waals surface area (Å²) in [6.07, 6.45) is -8.75. The molecule has 2 aliphatic heterocycles. The minimum atomic E-state index is -4.87. The van der Waals surface area contributed by atoms with E-state index in [2.05, 4.69) is 10.6 Å². The van der Waals surface area contributed by atoms with E-state index in [-0.39, 0.29) is 26.8 Å². The largest absolute Gasteiger partial charge is 2.00 e. The van der Waals surface area contributed by atoms with Gasteiger partial charge < -0.3 is 20.1 Å². The van der Waals surface area contributed by atoms with Crippen molar-refractivity contribution in [1.82, 2.24) is 0 Å². The zero-order chi connectivity index (χ0) is 26.7. The van der Waals surface area contributed by atoms with Gasteiger partial charge in [0.15, 0.2) is 0 Å². The smallest absolute Gasteiger partial charge is 0.651 e. The number of para-hydroxylation sites is 1. The van der Waals surface area contributed by atoms with Gasteiger partial charge in [0.05, 0.1) is 14.2 Å². The first-order valence-corrected chi connectivity index (χ1v) is 11.2. The Morgan fingerprint density at radius 1 is 0.811 bits per heavy atom. The molecule has 1 radical (unpaired) electrons. The van der Waals surface area contributed by atoms with Crippen LogP contribution in [0, 0.1) is 0 Å².